The lowest BCUT2D eigenvalue weighted by atomic mass is 9.79. The highest BCUT2D eigenvalue weighted by molar-refractivity contribution is 7.80. The molecule has 0 amide bonds. The monoisotopic (exact) mass is 297 g/mol. The van der Waals surface area contributed by atoms with Crippen molar-refractivity contribution in [3.63, 3.8) is 0 Å². The average Bonchev–Trinajstić information content (AvgIpc) is 2.46. The molecule has 0 fully saturated rings. The van der Waals surface area contributed by atoms with Crippen LogP contribution in [0.3, 0.4) is 0 Å². The van der Waals surface area contributed by atoms with E-state index in [4.69, 9.17) is 9.47 Å². The zero-order chi connectivity index (χ0) is 15.3. The Morgan fingerprint density at radius 1 is 1.50 bits per heavy atom. The maximum atomic E-state index is 11.5. The average molecular weight is 297 g/mol. The number of hydrogen-bond donors (Lipinski definition) is 2. The number of rotatable bonds is 6. The van der Waals surface area contributed by atoms with Crippen LogP contribution in [0, 0.1) is 16.7 Å². The number of carbonyl (C=O) groups is 1. The molecule has 7 nitrogen and oxygen atoms in total. The minimum Gasteiger partial charge on any atom is -0.481 e. The number of aromatic nitrogens is 2. The molecule has 20 heavy (non-hydrogen) atoms. The molecule has 0 aromatic carbocycles. The van der Waals surface area contributed by atoms with Crippen molar-refractivity contribution >= 4 is 18.6 Å². The molecule has 1 aromatic heterocycles. The Balaban J connectivity index is 3.43. The first-order valence-corrected chi connectivity index (χ1v) is 6.27. The van der Waals surface area contributed by atoms with Gasteiger partial charge in [-0.25, -0.2) is 0 Å². The van der Waals surface area contributed by atoms with E-state index in [0.29, 0.717) is 0 Å². The normalized spacial score (nSPS) is 14.8. The summed E-state index contributed by atoms with van der Waals surface area (Å²) in [6, 6.07) is 3.39. The van der Waals surface area contributed by atoms with Crippen LogP contribution in [0.2, 0.25) is 0 Å². The van der Waals surface area contributed by atoms with E-state index in [2.05, 4.69) is 22.6 Å². The number of carboxylic acids is 1. The van der Waals surface area contributed by atoms with Crippen LogP contribution in [0.5, 0.6) is 11.8 Å². The predicted molar refractivity (Wildman–Crippen MR) is 73.1 cm³/mol. The molecular weight excluding hydrogens is 282 g/mol. The number of carboxylic acid groups (broad SMARTS) is 1. The molecule has 0 saturated heterocycles. The Bertz CT molecular complexity index is 524. The summed E-state index contributed by atoms with van der Waals surface area (Å²) in [5.41, 5.74) is -1.26. The maximum Gasteiger partial charge on any atom is 0.315 e. The fourth-order valence-electron chi connectivity index (χ4n) is 1.62. The molecule has 1 aromatic rings. The van der Waals surface area contributed by atoms with Crippen LogP contribution >= 0.6 is 12.6 Å². The van der Waals surface area contributed by atoms with Crippen molar-refractivity contribution in [2.75, 3.05) is 20.0 Å². The van der Waals surface area contributed by atoms with Crippen molar-refractivity contribution in [2.45, 2.75) is 12.8 Å². The van der Waals surface area contributed by atoms with E-state index in [1.165, 1.54) is 27.2 Å². The van der Waals surface area contributed by atoms with Crippen LogP contribution in [-0.2, 0) is 4.79 Å². The largest absolute Gasteiger partial charge is 0.481 e. The molecule has 0 saturated carbocycles. The highest BCUT2D eigenvalue weighted by Gasteiger charge is 2.42. The number of hydrogen-bond acceptors (Lipinski definition) is 7. The molecule has 2 unspecified atom stereocenters. The second kappa shape index (κ2) is 6.43. The smallest absolute Gasteiger partial charge is 0.315 e. The van der Waals surface area contributed by atoms with E-state index in [-0.39, 0.29) is 23.3 Å². The summed E-state index contributed by atoms with van der Waals surface area (Å²) in [5.74, 6) is -2.13. The van der Waals surface area contributed by atoms with Crippen molar-refractivity contribution < 1.29 is 19.4 Å². The van der Waals surface area contributed by atoms with Crippen molar-refractivity contribution in [2.24, 2.45) is 5.41 Å². The summed E-state index contributed by atoms with van der Waals surface area (Å²) in [5, 5.41) is 18.6. The molecule has 1 heterocycles. The van der Waals surface area contributed by atoms with Gasteiger partial charge in [0.2, 0.25) is 11.8 Å². The van der Waals surface area contributed by atoms with Gasteiger partial charge >= 0.3 is 5.97 Å². The first-order valence-electron chi connectivity index (χ1n) is 5.63. The number of thiol groups is 1. The highest BCUT2D eigenvalue weighted by atomic mass is 32.1. The highest BCUT2D eigenvalue weighted by Crippen LogP contribution is 2.36. The lowest BCUT2D eigenvalue weighted by Crippen LogP contribution is -2.33. The fraction of sp³-hybridized carbons (Fsp3) is 0.500. The van der Waals surface area contributed by atoms with Gasteiger partial charge in [-0.05, 0) is 6.92 Å². The van der Waals surface area contributed by atoms with E-state index >= 15 is 0 Å². The summed E-state index contributed by atoms with van der Waals surface area (Å²) in [4.78, 5) is 19.5. The fourth-order valence-corrected chi connectivity index (χ4v) is 1.87. The summed E-state index contributed by atoms with van der Waals surface area (Å²) in [6.07, 6.45) is 0. The van der Waals surface area contributed by atoms with Gasteiger partial charge in [-0.1, -0.05) is 0 Å². The number of ether oxygens (including phenoxy) is 2. The van der Waals surface area contributed by atoms with Gasteiger partial charge in [0.25, 0.3) is 0 Å². The van der Waals surface area contributed by atoms with Gasteiger partial charge in [-0.15, -0.1) is 0 Å². The van der Waals surface area contributed by atoms with Crippen LogP contribution in [0.25, 0.3) is 0 Å². The lowest BCUT2D eigenvalue weighted by Gasteiger charge is -2.25. The van der Waals surface area contributed by atoms with Gasteiger partial charge in [-0.2, -0.15) is 27.9 Å². The number of methoxy groups -OCH3 is 2. The molecule has 0 aliphatic carbocycles. The van der Waals surface area contributed by atoms with Gasteiger partial charge in [0.05, 0.1) is 31.8 Å². The third-order valence-corrected chi connectivity index (χ3v) is 3.50. The molecule has 0 aliphatic heterocycles. The third-order valence-electron chi connectivity index (χ3n) is 2.84. The summed E-state index contributed by atoms with van der Waals surface area (Å²) in [7, 11) is 2.78. The van der Waals surface area contributed by atoms with Gasteiger partial charge < -0.3 is 14.6 Å². The minimum atomic E-state index is -1.26. The predicted octanol–water partition coefficient (Wildman–Crippen LogP) is 1.12. The second-order valence-corrected chi connectivity index (χ2v) is 4.59. The molecular formula is C12H15N3O4S. The Morgan fingerprint density at radius 3 is 2.30 bits per heavy atom. The van der Waals surface area contributed by atoms with Crippen LogP contribution in [0.1, 0.15) is 18.7 Å². The van der Waals surface area contributed by atoms with E-state index in [1.807, 2.05) is 6.07 Å². The zero-order valence-corrected chi connectivity index (χ0v) is 12.2. The number of nitriles is 1. The molecule has 8 heteroatoms. The minimum absolute atomic E-state index is 0.0450. The van der Waals surface area contributed by atoms with E-state index in [0.717, 1.165) is 0 Å². The molecule has 108 valence electrons. The van der Waals surface area contributed by atoms with E-state index < -0.39 is 17.3 Å². The van der Waals surface area contributed by atoms with Gasteiger partial charge in [0.15, 0.2) is 5.82 Å². The van der Waals surface area contributed by atoms with E-state index in [9.17, 15) is 15.2 Å². The Kier molecular flexibility index (Phi) is 5.16. The van der Waals surface area contributed by atoms with Crippen LogP contribution < -0.4 is 9.47 Å². The van der Waals surface area contributed by atoms with Crippen LogP contribution in [0.15, 0.2) is 6.07 Å². The molecule has 0 radical (unpaired) electrons. The second-order valence-electron chi connectivity index (χ2n) is 4.27. The van der Waals surface area contributed by atoms with Crippen molar-refractivity contribution in [1.82, 2.24) is 9.97 Å². The van der Waals surface area contributed by atoms with Crippen molar-refractivity contribution in [1.29, 1.82) is 5.26 Å². The lowest BCUT2D eigenvalue weighted by molar-refractivity contribution is -0.141. The summed E-state index contributed by atoms with van der Waals surface area (Å²) >= 11 is 4.06. The van der Waals surface area contributed by atoms with Crippen molar-refractivity contribution in [3.8, 4) is 17.8 Å². The standard InChI is InChI=1S/C12H15N3O4S/c1-12(5-13,6-20)9(11(16)17)10-14-7(18-2)4-8(15-10)19-3/h4,9,20H,6H2,1-3H3,(H,16,17). The number of aliphatic carboxylic acids is 1. The molecule has 0 aliphatic rings. The van der Waals surface area contributed by atoms with Crippen molar-refractivity contribution in [3.05, 3.63) is 11.9 Å². The molecule has 0 spiro atoms. The molecule has 1 rings (SSSR count). The quantitative estimate of drug-likeness (QED) is 0.758. The Morgan fingerprint density at radius 2 is 2.00 bits per heavy atom. The molecule has 0 bridgehead atoms. The van der Waals surface area contributed by atoms with Gasteiger partial charge in [0, 0.05) is 5.75 Å². The number of nitrogens with zero attached hydrogens (tertiary/aromatic N) is 3. The van der Waals surface area contributed by atoms with Gasteiger partial charge in [0.1, 0.15) is 5.92 Å². The topological polar surface area (TPSA) is 105 Å². The third kappa shape index (κ3) is 3.11. The molecule has 1 N–H and O–H groups in total. The Hall–Kier alpha value is -2.01. The SMILES string of the molecule is COc1cc(OC)nc(C(C(=O)O)C(C)(C#N)CS)n1. The van der Waals surface area contributed by atoms with Crippen LogP contribution in [-0.4, -0.2) is 41.0 Å². The zero-order valence-electron chi connectivity index (χ0n) is 11.3. The maximum absolute atomic E-state index is 11.5. The summed E-state index contributed by atoms with van der Waals surface area (Å²) < 4.78 is 9.96. The first kappa shape index (κ1) is 16.0. The first-order chi connectivity index (χ1) is 9.41. The van der Waals surface area contributed by atoms with Crippen LogP contribution in [0.4, 0.5) is 0 Å². The van der Waals surface area contributed by atoms with E-state index in [1.54, 1.807) is 0 Å². The van der Waals surface area contributed by atoms with Gasteiger partial charge in [-0.3, -0.25) is 4.79 Å². The summed E-state index contributed by atoms with van der Waals surface area (Å²) in [6.45, 7) is 1.49. The molecule has 2 atom stereocenters. The Labute approximate surface area is 122 Å².